The molecule has 0 atom stereocenters. The molecule has 0 radical (unpaired) electrons. The third kappa shape index (κ3) is 2.91. The third-order valence-corrected chi connectivity index (χ3v) is 1.38. The Morgan fingerprint density at radius 1 is 1.38 bits per heavy atom. The van der Waals surface area contributed by atoms with Crippen molar-refractivity contribution in [3.63, 3.8) is 0 Å². The van der Waals surface area contributed by atoms with Gasteiger partial charge < -0.3 is 0 Å². The topological polar surface area (TPSA) is 41.5 Å². The number of amides is 1. The molecule has 0 aliphatic carbocycles. The summed E-state index contributed by atoms with van der Waals surface area (Å²) in [6.45, 7) is 3.43. The van der Waals surface area contributed by atoms with Crippen LogP contribution in [0.1, 0.15) is 10.4 Å². The Hall–Kier alpha value is -1.90. The van der Waals surface area contributed by atoms with Crippen LogP contribution in [0.3, 0.4) is 0 Å². The molecule has 0 saturated heterocycles. The highest BCUT2D eigenvalue weighted by Crippen LogP contribution is 1.96. The van der Waals surface area contributed by atoms with Gasteiger partial charge in [-0.05, 0) is 18.2 Å². The first-order valence-corrected chi connectivity index (χ1v) is 3.84. The zero-order valence-corrected chi connectivity index (χ0v) is 7.10. The largest absolute Gasteiger partial charge is 0.271 e. The number of allylic oxidation sites excluding steroid dienone is 1. The maximum atomic E-state index is 11.3. The lowest BCUT2D eigenvalue weighted by Crippen LogP contribution is -2.16. The number of benzene rings is 1. The van der Waals surface area contributed by atoms with Crippen LogP contribution in [0.15, 0.2) is 48.1 Å². The lowest BCUT2D eigenvalue weighted by atomic mass is 10.2. The summed E-state index contributed by atoms with van der Waals surface area (Å²) in [5.41, 5.74) is 2.95. The van der Waals surface area contributed by atoms with E-state index in [2.05, 4.69) is 17.1 Å². The van der Waals surface area contributed by atoms with Crippen LogP contribution < -0.4 is 5.43 Å². The van der Waals surface area contributed by atoms with Crippen molar-refractivity contribution in [1.29, 1.82) is 0 Å². The molecule has 1 amide bonds. The molecule has 0 unspecified atom stereocenters. The summed E-state index contributed by atoms with van der Waals surface area (Å²) in [5, 5.41) is 3.62. The summed E-state index contributed by atoms with van der Waals surface area (Å²) in [6, 6.07) is 8.89. The molecule has 3 heteroatoms. The van der Waals surface area contributed by atoms with E-state index in [0.29, 0.717) is 5.56 Å². The average molecular weight is 174 g/mol. The predicted molar refractivity (Wildman–Crippen MR) is 52.6 cm³/mol. The van der Waals surface area contributed by atoms with Crippen molar-refractivity contribution in [2.75, 3.05) is 0 Å². The molecule has 13 heavy (non-hydrogen) atoms. The third-order valence-electron chi connectivity index (χ3n) is 1.38. The smallest absolute Gasteiger partial charge is 0.267 e. The Balaban J connectivity index is 2.59. The fraction of sp³-hybridized carbons (Fsp3) is 0. The van der Waals surface area contributed by atoms with Gasteiger partial charge in [-0.3, -0.25) is 4.79 Å². The fourth-order valence-corrected chi connectivity index (χ4v) is 0.803. The molecule has 1 N–H and O–H groups in total. The SMILES string of the molecule is C=C/C=N\NC(=O)c1ccccc1. The highest BCUT2D eigenvalue weighted by Gasteiger charge is 2.00. The van der Waals surface area contributed by atoms with E-state index in [1.165, 1.54) is 12.3 Å². The van der Waals surface area contributed by atoms with Crippen LogP contribution in [-0.2, 0) is 0 Å². The summed E-state index contributed by atoms with van der Waals surface area (Å²) in [4.78, 5) is 11.3. The van der Waals surface area contributed by atoms with E-state index in [9.17, 15) is 4.79 Å². The number of rotatable bonds is 3. The van der Waals surface area contributed by atoms with Gasteiger partial charge in [0.15, 0.2) is 0 Å². The van der Waals surface area contributed by atoms with E-state index < -0.39 is 0 Å². The summed E-state index contributed by atoms with van der Waals surface area (Å²) in [5.74, 6) is -0.223. The maximum absolute atomic E-state index is 11.3. The predicted octanol–water partition coefficient (Wildman–Crippen LogP) is 1.59. The molecule has 0 bridgehead atoms. The normalized spacial score (nSPS) is 9.85. The highest BCUT2D eigenvalue weighted by atomic mass is 16.2. The molecule has 0 aliphatic heterocycles. The standard InChI is InChI=1S/C10H10N2O/c1-2-8-11-12-10(13)9-6-4-3-5-7-9/h2-8H,1H2,(H,12,13)/b11-8-. The van der Waals surface area contributed by atoms with E-state index in [-0.39, 0.29) is 5.91 Å². The van der Waals surface area contributed by atoms with Gasteiger partial charge in [-0.25, -0.2) is 5.43 Å². The van der Waals surface area contributed by atoms with Crippen LogP contribution in [0.25, 0.3) is 0 Å². The Kier molecular flexibility index (Phi) is 3.45. The molecule has 66 valence electrons. The van der Waals surface area contributed by atoms with Crippen LogP contribution in [0, 0.1) is 0 Å². The zero-order valence-electron chi connectivity index (χ0n) is 7.10. The lowest BCUT2D eigenvalue weighted by molar-refractivity contribution is 0.0955. The minimum atomic E-state index is -0.223. The van der Waals surface area contributed by atoms with Gasteiger partial charge in [-0.1, -0.05) is 24.8 Å². The Morgan fingerprint density at radius 2 is 2.08 bits per heavy atom. The van der Waals surface area contributed by atoms with E-state index in [4.69, 9.17) is 0 Å². The molecule has 0 saturated carbocycles. The van der Waals surface area contributed by atoms with E-state index in [0.717, 1.165) is 0 Å². The first kappa shape index (κ1) is 9.19. The second-order valence-corrected chi connectivity index (χ2v) is 2.32. The number of hydrazone groups is 1. The monoisotopic (exact) mass is 174 g/mol. The summed E-state index contributed by atoms with van der Waals surface area (Å²) >= 11 is 0. The van der Waals surface area contributed by atoms with Crippen LogP contribution in [0.5, 0.6) is 0 Å². The molecule has 3 nitrogen and oxygen atoms in total. The summed E-state index contributed by atoms with van der Waals surface area (Å²) in [7, 11) is 0. The first-order valence-electron chi connectivity index (χ1n) is 3.84. The molecule has 1 aromatic carbocycles. The Bertz CT molecular complexity index is 317. The maximum Gasteiger partial charge on any atom is 0.271 e. The molecular formula is C10H10N2O. The number of nitrogens with zero attached hydrogens (tertiary/aromatic N) is 1. The van der Waals surface area contributed by atoms with Crippen LogP contribution >= 0.6 is 0 Å². The van der Waals surface area contributed by atoms with Gasteiger partial charge in [0.05, 0.1) is 0 Å². The fourth-order valence-electron chi connectivity index (χ4n) is 0.803. The van der Waals surface area contributed by atoms with Crippen molar-refractivity contribution < 1.29 is 4.79 Å². The van der Waals surface area contributed by atoms with Gasteiger partial charge >= 0.3 is 0 Å². The second kappa shape index (κ2) is 4.87. The molecule has 1 rings (SSSR count). The lowest BCUT2D eigenvalue weighted by Gasteiger charge is -1.97. The van der Waals surface area contributed by atoms with Crippen molar-refractivity contribution in [3.05, 3.63) is 48.6 Å². The molecule has 1 aromatic rings. The van der Waals surface area contributed by atoms with Gasteiger partial charge in [0.25, 0.3) is 5.91 Å². The van der Waals surface area contributed by atoms with Gasteiger partial charge in [0.2, 0.25) is 0 Å². The first-order chi connectivity index (χ1) is 6.34. The van der Waals surface area contributed by atoms with Gasteiger partial charge in [0, 0.05) is 11.8 Å². The van der Waals surface area contributed by atoms with E-state index in [1.807, 2.05) is 6.07 Å². The van der Waals surface area contributed by atoms with Crippen LogP contribution in [-0.4, -0.2) is 12.1 Å². The number of carbonyl (C=O) groups is 1. The van der Waals surface area contributed by atoms with Crippen molar-refractivity contribution in [3.8, 4) is 0 Å². The molecule has 0 spiro atoms. The minimum absolute atomic E-state index is 0.223. The molecule has 0 heterocycles. The molecule has 0 aliphatic rings. The van der Waals surface area contributed by atoms with Crippen molar-refractivity contribution >= 4 is 12.1 Å². The second-order valence-electron chi connectivity index (χ2n) is 2.32. The number of carbonyl (C=O) groups excluding carboxylic acids is 1. The Labute approximate surface area is 76.8 Å². The number of nitrogens with one attached hydrogen (secondary N) is 1. The quantitative estimate of drug-likeness (QED) is 0.548. The zero-order chi connectivity index (χ0) is 9.52. The molecule has 0 fully saturated rings. The molecular weight excluding hydrogens is 164 g/mol. The van der Waals surface area contributed by atoms with Gasteiger partial charge in [-0.15, -0.1) is 0 Å². The average Bonchev–Trinajstić information content (AvgIpc) is 2.19. The summed E-state index contributed by atoms with van der Waals surface area (Å²) < 4.78 is 0. The van der Waals surface area contributed by atoms with Gasteiger partial charge in [-0.2, -0.15) is 5.10 Å². The highest BCUT2D eigenvalue weighted by molar-refractivity contribution is 5.94. The van der Waals surface area contributed by atoms with E-state index >= 15 is 0 Å². The van der Waals surface area contributed by atoms with Crippen molar-refractivity contribution in [2.45, 2.75) is 0 Å². The van der Waals surface area contributed by atoms with Crippen molar-refractivity contribution in [1.82, 2.24) is 5.43 Å². The van der Waals surface area contributed by atoms with Crippen molar-refractivity contribution in [2.24, 2.45) is 5.10 Å². The van der Waals surface area contributed by atoms with Crippen LogP contribution in [0.4, 0.5) is 0 Å². The summed E-state index contributed by atoms with van der Waals surface area (Å²) in [6.07, 6.45) is 2.91. The van der Waals surface area contributed by atoms with Gasteiger partial charge in [0.1, 0.15) is 0 Å². The number of hydrogen-bond acceptors (Lipinski definition) is 2. The number of hydrogen-bond donors (Lipinski definition) is 1. The van der Waals surface area contributed by atoms with E-state index in [1.54, 1.807) is 24.3 Å². The minimum Gasteiger partial charge on any atom is -0.267 e. The Morgan fingerprint density at radius 3 is 2.69 bits per heavy atom. The van der Waals surface area contributed by atoms with Crippen LogP contribution in [0.2, 0.25) is 0 Å². The molecule has 0 aromatic heterocycles.